The minimum absolute atomic E-state index is 0.115. The van der Waals surface area contributed by atoms with Crippen LogP contribution < -0.4 is 5.32 Å². The van der Waals surface area contributed by atoms with Gasteiger partial charge >= 0.3 is 5.97 Å². The van der Waals surface area contributed by atoms with E-state index in [4.69, 9.17) is 0 Å². The fourth-order valence-electron chi connectivity index (χ4n) is 1.80. The van der Waals surface area contributed by atoms with Gasteiger partial charge in [0.05, 0.1) is 5.92 Å². The Morgan fingerprint density at radius 2 is 2.00 bits per heavy atom. The van der Waals surface area contributed by atoms with Gasteiger partial charge in [-0.1, -0.05) is 43.7 Å². The topological polar surface area (TPSA) is 66.4 Å². The molecular weight excluding hydrogens is 242 g/mol. The molecule has 1 amide bonds. The van der Waals surface area contributed by atoms with E-state index in [-0.39, 0.29) is 18.4 Å². The molecule has 19 heavy (non-hydrogen) atoms. The monoisotopic (exact) mass is 263 g/mol. The second kappa shape index (κ2) is 6.92. The van der Waals surface area contributed by atoms with Gasteiger partial charge in [0.2, 0.25) is 5.91 Å². The molecule has 0 fully saturated rings. The number of amides is 1. The first-order chi connectivity index (χ1) is 8.90. The number of carboxylic acid groups (broad SMARTS) is 1. The Morgan fingerprint density at radius 1 is 1.32 bits per heavy atom. The summed E-state index contributed by atoms with van der Waals surface area (Å²) in [6.45, 7) is 5.71. The van der Waals surface area contributed by atoms with Gasteiger partial charge in [-0.15, -0.1) is 0 Å². The smallest absolute Gasteiger partial charge is 0.308 e. The van der Waals surface area contributed by atoms with Gasteiger partial charge < -0.3 is 10.4 Å². The lowest BCUT2D eigenvalue weighted by molar-refractivity contribution is -0.141. The van der Waals surface area contributed by atoms with E-state index in [9.17, 15) is 14.7 Å². The number of aliphatic carboxylic acids is 1. The number of benzene rings is 1. The molecule has 0 aliphatic carbocycles. The van der Waals surface area contributed by atoms with Crippen molar-refractivity contribution in [2.75, 3.05) is 6.54 Å². The third-order valence-corrected chi connectivity index (χ3v) is 2.96. The van der Waals surface area contributed by atoms with E-state index in [0.717, 1.165) is 11.1 Å². The predicted molar refractivity (Wildman–Crippen MR) is 73.9 cm³/mol. The minimum atomic E-state index is -0.884. The van der Waals surface area contributed by atoms with Gasteiger partial charge in [0, 0.05) is 12.5 Å². The van der Waals surface area contributed by atoms with Crippen LogP contribution in [-0.4, -0.2) is 23.5 Å². The van der Waals surface area contributed by atoms with Crippen LogP contribution in [0.4, 0.5) is 0 Å². The Bertz CT molecular complexity index is 454. The van der Waals surface area contributed by atoms with Crippen LogP contribution in [0.2, 0.25) is 0 Å². The molecule has 2 N–H and O–H groups in total. The van der Waals surface area contributed by atoms with Crippen molar-refractivity contribution < 1.29 is 14.7 Å². The summed E-state index contributed by atoms with van der Waals surface area (Å²) in [5.41, 5.74) is 2.08. The SMILES string of the molecule is Cc1cccc(CC(CNC(=O)C(C)C)C(=O)O)c1. The molecule has 1 aromatic carbocycles. The normalized spacial score (nSPS) is 12.2. The number of aryl methyl sites for hydroxylation is 1. The minimum Gasteiger partial charge on any atom is -0.481 e. The van der Waals surface area contributed by atoms with Gasteiger partial charge in [-0.25, -0.2) is 0 Å². The lowest BCUT2D eigenvalue weighted by Crippen LogP contribution is -2.36. The molecule has 1 unspecified atom stereocenters. The zero-order chi connectivity index (χ0) is 14.4. The second-order valence-corrected chi connectivity index (χ2v) is 5.13. The molecule has 0 aliphatic heterocycles. The summed E-state index contributed by atoms with van der Waals surface area (Å²) >= 11 is 0. The van der Waals surface area contributed by atoms with Crippen LogP contribution in [0.3, 0.4) is 0 Å². The van der Waals surface area contributed by atoms with Crippen LogP contribution >= 0.6 is 0 Å². The van der Waals surface area contributed by atoms with Gasteiger partial charge in [0.1, 0.15) is 0 Å². The van der Waals surface area contributed by atoms with Crippen molar-refractivity contribution in [3.8, 4) is 0 Å². The van der Waals surface area contributed by atoms with Crippen molar-refractivity contribution >= 4 is 11.9 Å². The number of rotatable bonds is 6. The highest BCUT2D eigenvalue weighted by Crippen LogP contribution is 2.11. The molecule has 0 spiro atoms. The Morgan fingerprint density at radius 3 is 2.53 bits per heavy atom. The summed E-state index contributed by atoms with van der Waals surface area (Å²) in [5, 5.41) is 11.9. The van der Waals surface area contributed by atoms with E-state index in [1.165, 1.54) is 0 Å². The first-order valence-electron chi connectivity index (χ1n) is 6.46. The Labute approximate surface area is 113 Å². The molecule has 1 rings (SSSR count). The summed E-state index contributed by atoms with van der Waals surface area (Å²) in [6, 6.07) is 7.77. The average molecular weight is 263 g/mol. The zero-order valence-corrected chi connectivity index (χ0v) is 11.6. The highest BCUT2D eigenvalue weighted by Gasteiger charge is 2.19. The number of carbonyl (C=O) groups excluding carboxylic acids is 1. The number of nitrogens with one attached hydrogen (secondary N) is 1. The molecule has 104 valence electrons. The molecule has 4 nitrogen and oxygen atoms in total. The van der Waals surface area contributed by atoms with Crippen LogP contribution in [0.25, 0.3) is 0 Å². The van der Waals surface area contributed by atoms with Crippen LogP contribution in [0.1, 0.15) is 25.0 Å². The lowest BCUT2D eigenvalue weighted by Gasteiger charge is -2.15. The molecular formula is C15H21NO3. The van der Waals surface area contributed by atoms with Crippen LogP contribution in [0.15, 0.2) is 24.3 Å². The maximum Gasteiger partial charge on any atom is 0.308 e. The van der Waals surface area contributed by atoms with Gasteiger partial charge in [-0.2, -0.15) is 0 Å². The molecule has 0 aliphatic rings. The second-order valence-electron chi connectivity index (χ2n) is 5.13. The van der Waals surface area contributed by atoms with Crippen LogP contribution in [-0.2, 0) is 16.0 Å². The number of hydrogen-bond donors (Lipinski definition) is 2. The molecule has 0 bridgehead atoms. The van der Waals surface area contributed by atoms with E-state index in [1.807, 2.05) is 31.2 Å². The average Bonchev–Trinajstić information content (AvgIpc) is 2.33. The quantitative estimate of drug-likeness (QED) is 0.825. The number of carbonyl (C=O) groups is 2. The fourth-order valence-corrected chi connectivity index (χ4v) is 1.80. The molecule has 0 heterocycles. The summed E-state index contributed by atoms with van der Waals surface area (Å²) in [5.74, 6) is -1.72. The molecule has 1 aromatic rings. The standard InChI is InChI=1S/C15H21NO3/c1-10(2)14(17)16-9-13(15(18)19)8-12-6-4-5-11(3)7-12/h4-7,10,13H,8-9H2,1-3H3,(H,16,17)(H,18,19). The predicted octanol–water partition coefficient (Wildman–Crippen LogP) is 2.01. The zero-order valence-electron chi connectivity index (χ0n) is 11.6. The summed E-state index contributed by atoms with van der Waals surface area (Å²) < 4.78 is 0. The van der Waals surface area contributed by atoms with Crippen LogP contribution in [0.5, 0.6) is 0 Å². The van der Waals surface area contributed by atoms with Crippen molar-refractivity contribution in [1.82, 2.24) is 5.32 Å². The van der Waals surface area contributed by atoms with E-state index in [2.05, 4.69) is 5.32 Å². The number of hydrogen-bond acceptors (Lipinski definition) is 2. The largest absolute Gasteiger partial charge is 0.481 e. The first kappa shape index (κ1) is 15.2. The first-order valence-corrected chi connectivity index (χ1v) is 6.46. The maximum atomic E-state index is 11.5. The third-order valence-electron chi connectivity index (χ3n) is 2.96. The van der Waals surface area contributed by atoms with Gasteiger partial charge in [0.15, 0.2) is 0 Å². The number of carboxylic acids is 1. The Hall–Kier alpha value is -1.84. The van der Waals surface area contributed by atoms with E-state index in [1.54, 1.807) is 13.8 Å². The van der Waals surface area contributed by atoms with Crippen molar-refractivity contribution in [3.63, 3.8) is 0 Å². The summed E-state index contributed by atoms with van der Waals surface area (Å²) in [4.78, 5) is 22.7. The highest BCUT2D eigenvalue weighted by atomic mass is 16.4. The van der Waals surface area contributed by atoms with Crippen molar-refractivity contribution in [3.05, 3.63) is 35.4 Å². The Balaban J connectivity index is 2.63. The third kappa shape index (κ3) is 5.12. The fraction of sp³-hybridized carbons (Fsp3) is 0.467. The van der Waals surface area contributed by atoms with Gasteiger partial charge in [0.25, 0.3) is 0 Å². The molecule has 0 saturated carbocycles. The Kier molecular flexibility index (Phi) is 5.55. The highest BCUT2D eigenvalue weighted by molar-refractivity contribution is 5.79. The van der Waals surface area contributed by atoms with Gasteiger partial charge in [-0.3, -0.25) is 9.59 Å². The molecule has 0 aromatic heterocycles. The molecule has 0 radical (unpaired) electrons. The van der Waals surface area contributed by atoms with Crippen molar-refractivity contribution in [1.29, 1.82) is 0 Å². The van der Waals surface area contributed by atoms with Crippen LogP contribution in [0, 0.1) is 18.8 Å². The molecule has 0 saturated heterocycles. The maximum absolute atomic E-state index is 11.5. The van der Waals surface area contributed by atoms with E-state index >= 15 is 0 Å². The van der Waals surface area contributed by atoms with Crippen molar-refractivity contribution in [2.45, 2.75) is 27.2 Å². The van der Waals surface area contributed by atoms with Gasteiger partial charge in [-0.05, 0) is 18.9 Å². The summed E-state index contributed by atoms with van der Waals surface area (Å²) in [7, 11) is 0. The van der Waals surface area contributed by atoms with E-state index in [0.29, 0.717) is 6.42 Å². The summed E-state index contributed by atoms with van der Waals surface area (Å²) in [6.07, 6.45) is 0.426. The van der Waals surface area contributed by atoms with E-state index < -0.39 is 11.9 Å². The molecule has 1 atom stereocenters. The van der Waals surface area contributed by atoms with Crippen molar-refractivity contribution in [2.24, 2.45) is 11.8 Å². The lowest BCUT2D eigenvalue weighted by atomic mass is 9.98. The molecule has 4 heteroatoms.